The van der Waals surface area contributed by atoms with Crippen molar-refractivity contribution < 1.29 is 42.5 Å². The molecule has 3 fully saturated rings. The second-order valence-electron chi connectivity index (χ2n) is 5.41. The molecule has 6 unspecified atom stereocenters. The number of carboxylic acid groups (broad SMARTS) is 1. The number of alkyl halides is 2. The van der Waals surface area contributed by atoms with E-state index in [2.05, 4.69) is 4.74 Å². The fourth-order valence-corrected chi connectivity index (χ4v) is 3.11. The minimum atomic E-state index is -4.20. The number of carbonyl (C=O) groups excluding carboxylic acids is 2. The van der Waals surface area contributed by atoms with Crippen molar-refractivity contribution >= 4 is 17.9 Å². The Bertz CT molecular complexity index is 518. The molecule has 0 saturated carbocycles. The predicted molar refractivity (Wildman–Crippen MR) is 58.3 cm³/mol. The average Bonchev–Trinajstić information content (AvgIpc) is 2.98. The molecule has 0 aromatic carbocycles. The average molecular weight is 306 g/mol. The van der Waals surface area contributed by atoms with Crippen LogP contribution in [-0.2, 0) is 28.6 Å². The maximum atomic E-state index is 13.2. The lowest BCUT2D eigenvalue weighted by molar-refractivity contribution is -0.194. The zero-order chi connectivity index (χ0) is 15.5. The molecular formula is C12H12F2O7. The number of ether oxygens (including phenoxy) is 3. The summed E-state index contributed by atoms with van der Waals surface area (Å²) in [5.74, 6) is -10.1. The Morgan fingerprint density at radius 2 is 2.10 bits per heavy atom. The first-order valence-electron chi connectivity index (χ1n) is 6.41. The number of carbonyl (C=O) groups is 3. The van der Waals surface area contributed by atoms with E-state index in [1.54, 1.807) is 0 Å². The molecule has 0 radical (unpaired) electrons. The van der Waals surface area contributed by atoms with Gasteiger partial charge in [0.1, 0.15) is 18.1 Å². The molecule has 2 bridgehead atoms. The van der Waals surface area contributed by atoms with Gasteiger partial charge in [-0.3, -0.25) is 9.59 Å². The van der Waals surface area contributed by atoms with Crippen molar-refractivity contribution in [3.8, 4) is 0 Å². The van der Waals surface area contributed by atoms with Crippen molar-refractivity contribution in [3.63, 3.8) is 0 Å². The zero-order valence-electron chi connectivity index (χ0n) is 10.8. The van der Waals surface area contributed by atoms with Crippen LogP contribution in [0.5, 0.6) is 0 Å². The van der Waals surface area contributed by atoms with E-state index in [9.17, 15) is 23.2 Å². The lowest BCUT2D eigenvalue weighted by atomic mass is 9.80. The van der Waals surface area contributed by atoms with Crippen LogP contribution in [0.15, 0.2) is 0 Å². The van der Waals surface area contributed by atoms with E-state index in [0.29, 0.717) is 6.42 Å². The number of aliphatic carboxylic acids is 1. The Morgan fingerprint density at radius 1 is 1.43 bits per heavy atom. The van der Waals surface area contributed by atoms with E-state index in [1.165, 1.54) is 0 Å². The molecule has 116 valence electrons. The molecular weight excluding hydrogens is 294 g/mol. The van der Waals surface area contributed by atoms with Crippen molar-refractivity contribution in [2.45, 2.75) is 43.7 Å². The van der Waals surface area contributed by atoms with Gasteiger partial charge >= 0.3 is 23.8 Å². The summed E-state index contributed by atoms with van der Waals surface area (Å²) >= 11 is 0. The summed E-state index contributed by atoms with van der Waals surface area (Å²) in [6.07, 6.45) is -3.38. The molecule has 0 amide bonds. The van der Waals surface area contributed by atoms with Gasteiger partial charge in [0.15, 0.2) is 6.10 Å². The summed E-state index contributed by atoms with van der Waals surface area (Å²) in [6, 6.07) is 0. The fourth-order valence-electron chi connectivity index (χ4n) is 3.11. The predicted octanol–water partition coefficient (Wildman–Crippen LogP) is -0.0331. The smallest absolute Gasteiger partial charge is 0.378 e. The van der Waals surface area contributed by atoms with Crippen LogP contribution in [0.25, 0.3) is 0 Å². The molecule has 3 saturated heterocycles. The Balaban J connectivity index is 1.72. The largest absolute Gasteiger partial charge is 0.477 e. The lowest BCUT2D eigenvalue weighted by Crippen LogP contribution is -2.45. The van der Waals surface area contributed by atoms with Crippen LogP contribution in [0.1, 0.15) is 13.3 Å². The highest BCUT2D eigenvalue weighted by molar-refractivity contribution is 5.86. The van der Waals surface area contributed by atoms with Gasteiger partial charge in [-0.1, -0.05) is 0 Å². The van der Waals surface area contributed by atoms with E-state index >= 15 is 0 Å². The van der Waals surface area contributed by atoms with E-state index in [1.807, 2.05) is 0 Å². The molecule has 7 nitrogen and oxygen atoms in total. The van der Waals surface area contributed by atoms with Gasteiger partial charge in [0.05, 0.1) is 12.0 Å². The minimum Gasteiger partial charge on any atom is -0.477 e. The standard InChI is InChI=1S/C12H12F2O7/c1-3(12(13,14)11(17)18)19-9(15)6-4-2-5-8(20-4)7(6)10(16)21-5/h3-8H,2H2,1H3,(H,17,18). The minimum absolute atomic E-state index is 0.316. The first-order valence-corrected chi connectivity index (χ1v) is 6.41. The molecule has 0 spiro atoms. The van der Waals surface area contributed by atoms with Crippen molar-refractivity contribution in [3.05, 3.63) is 0 Å². The monoisotopic (exact) mass is 306 g/mol. The molecule has 0 aromatic rings. The van der Waals surface area contributed by atoms with Gasteiger partial charge in [-0.2, -0.15) is 8.78 Å². The summed E-state index contributed by atoms with van der Waals surface area (Å²) in [4.78, 5) is 34.1. The lowest BCUT2D eigenvalue weighted by Gasteiger charge is -2.24. The second-order valence-corrected chi connectivity index (χ2v) is 5.41. The molecule has 0 aliphatic carbocycles. The van der Waals surface area contributed by atoms with Gasteiger partial charge in [0, 0.05) is 6.42 Å². The van der Waals surface area contributed by atoms with Crippen LogP contribution in [0.2, 0.25) is 0 Å². The number of rotatable bonds is 4. The van der Waals surface area contributed by atoms with Gasteiger partial charge in [-0.05, 0) is 6.92 Å². The maximum Gasteiger partial charge on any atom is 0.378 e. The van der Waals surface area contributed by atoms with E-state index in [0.717, 1.165) is 6.92 Å². The van der Waals surface area contributed by atoms with Crippen LogP contribution in [0.3, 0.4) is 0 Å². The molecule has 3 heterocycles. The van der Waals surface area contributed by atoms with Crippen molar-refractivity contribution in [2.75, 3.05) is 0 Å². The molecule has 9 heteroatoms. The summed E-state index contributed by atoms with van der Waals surface area (Å²) < 4.78 is 41.5. The topological polar surface area (TPSA) is 99.1 Å². The quantitative estimate of drug-likeness (QED) is 0.728. The summed E-state index contributed by atoms with van der Waals surface area (Å²) in [6.45, 7) is 0.788. The third-order valence-corrected chi connectivity index (χ3v) is 4.20. The molecule has 0 aromatic heterocycles. The van der Waals surface area contributed by atoms with Gasteiger partial charge in [0.2, 0.25) is 0 Å². The Hall–Kier alpha value is -1.77. The van der Waals surface area contributed by atoms with Crippen LogP contribution in [0.4, 0.5) is 8.78 Å². The zero-order valence-corrected chi connectivity index (χ0v) is 10.8. The van der Waals surface area contributed by atoms with E-state index in [4.69, 9.17) is 14.6 Å². The van der Waals surface area contributed by atoms with Crippen molar-refractivity contribution in [2.24, 2.45) is 11.8 Å². The molecule has 3 aliphatic heterocycles. The number of carboxylic acids is 1. The molecule has 3 aliphatic rings. The fraction of sp³-hybridized carbons (Fsp3) is 0.750. The molecule has 3 rings (SSSR count). The first-order chi connectivity index (χ1) is 9.73. The second kappa shape index (κ2) is 4.36. The van der Waals surface area contributed by atoms with E-state index < -0.39 is 60.1 Å². The number of hydrogen-bond donors (Lipinski definition) is 1. The summed E-state index contributed by atoms with van der Waals surface area (Å²) in [5, 5.41) is 8.40. The maximum absolute atomic E-state index is 13.2. The van der Waals surface area contributed by atoms with Crippen molar-refractivity contribution in [1.29, 1.82) is 0 Å². The number of hydrogen-bond acceptors (Lipinski definition) is 6. The summed E-state index contributed by atoms with van der Waals surface area (Å²) in [5.41, 5.74) is 0. The Morgan fingerprint density at radius 3 is 2.71 bits per heavy atom. The van der Waals surface area contributed by atoms with Gasteiger partial charge < -0.3 is 19.3 Å². The number of halogens is 2. The van der Waals surface area contributed by atoms with E-state index in [-0.39, 0.29) is 0 Å². The summed E-state index contributed by atoms with van der Waals surface area (Å²) in [7, 11) is 0. The molecule has 21 heavy (non-hydrogen) atoms. The van der Waals surface area contributed by atoms with Crippen LogP contribution >= 0.6 is 0 Å². The highest BCUT2D eigenvalue weighted by Gasteiger charge is 2.66. The van der Waals surface area contributed by atoms with Crippen LogP contribution in [-0.4, -0.2) is 53.4 Å². The Kier molecular flexibility index (Phi) is 2.94. The molecule has 6 atom stereocenters. The highest BCUT2D eigenvalue weighted by atomic mass is 19.3. The third kappa shape index (κ3) is 1.90. The first kappa shape index (κ1) is 14.2. The number of fused-ring (bicyclic) bond motifs is 1. The van der Waals surface area contributed by atoms with Crippen molar-refractivity contribution in [1.82, 2.24) is 0 Å². The highest BCUT2D eigenvalue weighted by Crippen LogP contribution is 2.50. The Labute approximate surface area is 117 Å². The van der Waals surface area contributed by atoms with Gasteiger partial charge in [-0.15, -0.1) is 0 Å². The normalized spacial score (nSPS) is 38.2. The SMILES string of the molecule is CC(OC(=O)C1C2CC3OC(=O)C1C3O2)C(F)(F)C(=O)O. The number of esters is 2. The van der Waals surface area contributed by atoms with Crippen LogP contribution < -0.4 is 0 Å². The van der Waals surface area contributed by atoms with Gasteiger partial charge in [-0.25, -0.2) is 4.79 Å². The third-order valence-electron chi connectivity index (χ3n) is 4.20. The van der Waals surface area contributed by atoms with Gasteiger partial charge in [0.25, 0.3) is 0 Å². The van der Waals surface area contributed by atoms with Crippen LogP contribution in [0, 0.1) is 11.8 Å². The molecule has 1 N–H and O–H groups in total.